The Bertz CT molecular complexity index is 563. The summed E-state index contributed by atoms with van der Waals surface area (Å²) in [4.78, 5) is 3.44. The van der Waals surface area contributed by atoms with Crippen molar-refractivity contribution >= 4 is 21.4 Å². The van der Waals surface area contributed by atoms with Gasteiger partial charge in [0.25, 0.3) is 0 Å². The molecule has 0 aromatic carbocycles. The van der Waals surface area contributed by atoms with Crippen molar-refractivity contribution in [1.29, 1.82) is 0 Å². The summed E-state index contributed by atoms with van der Waals surface area (Å²) < 4.78 is 27.9. The van der Waals surface area contributed by atoms with E-state index in [1.807, 2.05) is 19.2 Å². The summed E-state index contributed by atoms with van der Waals surface area (Å²) in [5.41, 5.74) is 6.43. The van der Waals surface area contributed by atoms with E-state index in [1.54, 1.807) is 0 Å². The lowest BCUT2D eigenvalue weighted by Gasteiger charge is -2.29. The van der Waals surface area contributed by atoms with E-state index in [2.05, 4.69) is 9.62 Å². The van der Waals surface area contributed by atoms with Crippen LogP contribution in [0.2, 0.25) is 0 Å². The van der Waals surface area contributed by atoms with Gasteiger partial charge in [0, 0.05) is 24.0 Å². The van der Waals surface area contributed by atoms with E-state index in [0.29, 0.717) is 4.90 Å². The largest absolute Gasteiger partial charge is 0.326 e. The molecule has 1 aliphatic rings. The van der Waals surface area contributed by atoms with Crippen LogP contribution in [0.3, 0.4) is 0 Å². The van der Waals surface area contributed by atoms with Gasteiger partial charge in [0.05, 0.1) is 0 Å². The van der Waals surface area contributed by atoms with Crippen molar-refractivity contribution < 1.29 is 8.42 Å². The first-order chi connectivity index (χ1) is 9.94. The molecule has 21 heavy (non-hydrogen) atoms. The molecule has 0 saturated carbocycles. The van der Waals surface area contributed by atoms with Crippen LogP contribution >= 0.6 is 11.3 Å². The van der Waals surface area contributed by atoms with Gasteiger partial charge in [-0.25, -0.2) is 13.1 Å². The molecule has 1 atom stereocenters. The molecule has 5 nitrogen and oxygen atoms in total. The lowest BCUT2D eigenvalue weighted by Crippen LogP contribution is -2.43. The maximum atomic E-state index is 12.6. The molecule has 3 N–H and O–H groups in total. The quantitative estimate of drug-likeness (QED) is 0.831. The van der Waals surface area contributed by atoms with E-state index in [-0.39, 0.29) is 12.6 Å². The Hall–Kier alpha value is -0.470. The van der Waals surface area contributed by atoms with Gasteiger partial charge in [0.15, 0.2) is 0 Å². The number of rotatable bonds is 6. The molecule has 0 amide bonds. The first-order valence-corrected chi connectivity index (χ1v) is 9.82. The average Bonchev–Trinajstić information content (AvgIpc) is 2.81. The number of sulfonamides is 1. The zero-order chi connectivity index (χ0) is 15.5. The third kappa shape index (κ3) is 4.26. The predicted molar refractivity (Wildman–Crippen MR) is 87.0 cm³/mol. The van der Waals surface area contributed by atoms with Gasteiger partial charge < -0.3 is 10.6 Å². The number of nitrogens with one attached hydrogen (secondary N) is 1. The number of nitrogens with two attached hydrogens (primary N) is 1. The fourth-order valence-corrected chi connectivity index (χ4v) is 5.82. The van der Waals surface area contributed by atoms with Crippen LogP contribution < -0.4 is 10.5 Å². The molecule has 1 aliphatic heterocycles. The first kappa shape index (κ1) is 16.9. The van der Waals surface area contributed by atoms with Gasteiger partial charge in [-0.2, -0.15) is 0 Å². The van der Waals surface area contributed by atoms with E-state index in [1.165, 1.54) is 30.6 Å². The molecule has 1 saturated heterocycles. The van der Waals surface area contributed by atoms with Gasteiger partial charge in [0.2, 0.25) is 10.0 Å². The minimum Gasteiger partial charge on any atom is -0.326 e. The van der Waals surface area contributed by atoms with Gasteiger partial charge in [-0.05, 0) is 50.7 Å². The van der Waals surface area contributed by atoms with Crippen molar-refractivity contribution in [2.24, 2.45) is 5.73 Å². The Morgan fingerprint density at radius 3 is 2.67 bits per heavy atom. The van der Waals surface area contributed by atoms with E-state index >= 15 is 0 Å². The highest BCUT2D eigenvalue weighted by molar-refractivity contribution is 7.89. The molecule has 2 rings (SSSR count). The summed E-state index contributed by atoms with van der Waals surface area (Å²) in [6.07, 6.45) is 3.70. The molecule has 1 fully saturated rings. The van der Waals surface area contributed by atoms with Crippen molar-refractivity contribution in [3.63, 3.8) is 0 Å². The van der Waals surface area contributed by atoms with Crippen LogP contribution in [0.5, 0.6) is 0 Å². The van der Waals surface area contributed by atoms with E-state index < -0.39 is 10.0 Å². The van der Waals surface area contributed by atoms with Gasteiger partial charge in [-0.1, -0.05) is 6.42 Å². The molecule has 1 unspecified atom stereocenters. The molecule has 1 aromatic rings. The number of likely N-dealkylation sites (tertiary alicyclic amines) is 1. The van der Waals surface area contributed by atoms with E-state index in [0.717, 1.165) is 30.1 Å². The molecule has 120 valence electrons. The second-order valence-corrected chi connectivity index (χ2v) is 8.37. The summed E-state index contributed by atoms with van der Waals surface area (Å²) in [6, 6.07) is -0.0991. The van der Waals surface area contributed by atoms with Crippen LogP contribution in [0.1, 0.15) is 36.6 Å². The topological polar surface area (TPSA) is 75.4 Å². The maximum Gasteiger partial charge on any atom is 0.242 e. The molecular weight excluding hydrogens is 306 g/mol. The van der Waals surface area contributed by atoms with Crippen LogP contribution in [-0.2, 0) is 16.6 Å². The van der Waals surface area contributed by atoms with Crippen LogP contribution in [0, 0.1) is 6.92 Å². The Morgan fingerprint density at radius 1 is 1.38 bits per heavy atom. The van der Waals surface area contributed by atoms with Gasteiger partial charge in [-0.15, -0.1) is 11.3 Å². The summed E-state index contributed by atoms with van der Waals surface area (Å²) in [5.74, 6) is 0. The maximum absolute atomic E-state index is 12.6. The molecule has 7 heteroatoms. The van der Waals surface area contributed by atoms with Gasteiger partial charge >= 0.3 is 0 Å². The smallest absolute Gasteiger partial charge is 0.242 e. The summed E-state index contributed by atoms with van der Waals surface area (Å²) in [6.45, 7) is 6.90. The standard InChI is InChI=1S/C14H25N3O2S2/c1-11-10-20-13(8-15)14(11)21(18,19)16-12(2)9-17-6-4-3-5-7-17/h10,12,16H,3-9,15H2,1-2H3. The lowest BCUT2D eigenvalue weighted by molar-refractivity contribution is 0.215. The van der Waals surface area contributed by atoms with E-state index in [9.17, 15) is 8.42 Å². The molecule has 2 heterocycles. The Labute approximate surface area is 131 Å². The zero-order valence-corrected chi connectivity index (χ0v) is 14.4. The van der Waals surface area contributed by atoms with E-state index in [4.69, 9.17) is 5.73 Å². The Kier molecular flexibility index (Phi) is 5.79. The second kappa shape index (κ2) is 7.19. The summed E-state index contributed by atoms with van der Waals surface area (Å²) in [7, 11) is -3.49. The highest BCUT2D eigenvalue weighted by atomic mass is 32.2. The van der Waals surface area contributed by atoms with Gasteiger partial charge in [-0.3, -0.25) is 0 Å². The van der Waals surface area contributed by atoms with Crippen molar-refractivity contribution in [2.45, 2.75) is 50.6 Å². The minimum atomic E-state index is -3.49. The van der Waals surface area contributed by atoms with Crippen molar-refractivity contribution in [2.75, 3.05) is 19.6 Å². The Balaban J connectivity index is 2.04. The molecule has 0 aliphatic carbocycles. The fourth-order valence-electron chi connectivity index (χ4n) is 2.88. The number of thiophene rings is 1. The van der Waals surface area contributed by atoms with Gasteiger partial charge in [0.1, 0.15) is 4.90 Å². The fraction of sp³-hybridized carbons (Fsp3) is 0.714. The zero-order valence-electron chi connectivity index (χ0n) is 12.8. The number of hydrogen-bond donors (Lipinski definition) is 2. The predicted octanol–water partition coefficient (Wildman–Crippen LogP) is 1.67. The minimum absolute atomic E-state index is 0.0991. The highest BCUT2D eigenvalue weighted by Gasteiger charge is 2.25. The average molecular weight is 332 g/mol. The summed E-state index contributed by atoms with van der Waals surface area (Å²) >= 11 is 1.41. The second-order valence-electron chi connectivity index (χ2n) is 5.76. The third-order valence-electron chi connectivity index (χ3n) is 3.78. The number of aryl methyl sites for hydroxylation is 1. The van der Waals surface area contributed by atoms with Crippen molar-refractivity contribution in [3.05, 3.63) is 15.8 Å². The first-order valence-electron chi connectivity index (χ1n) is 7.45. The third-order valence-corrected chi connectivity index (χ3v) is 6.85. The number of piperidine rings is 1. The monoisotopic (exact) mass is 331 g/mol. The Morgan fingerprint density at radius 2 is 2.05 bits per heavy atom. The number of nitrogens with zero attached hydrogens (tertiary/aromatic N) is 1. The SMILES string of the molecule is Cc1csc(CN)c1S(=O)(=O)NC(C)CN1CCCCC1. The summed E-state index contributed by atoms with van der Waals surface area (Å²) in [5, 5.41) is 1.85. The number of hydrogen-bond acceptors (Lipinski definition) is 5. The molecule has 0 spiro atoms. The van der Waals surface area contributed by atoms with Crippen LogP contribution in [-0.4, -0.2) is 39.0 Å². The molecule has 1 aromatic heterocycles. The van der Waals surface area contributed by atoms with Crippen molar-refractivity contribution in [3.8, 4) is 0 Å². The lowest BCUT2D eigenvalue weighted by atomic mass is 10.1. The normalized spacial score (nSPS) is 18.8. The van der Waals surface area contributed by atoms with Crippen molar-refractivity contribution in [1.82, 2.24) is 9.62 Å². The molecule has 0 radical (unpaired) electrons. The molecular formula is C14H25N3O2S2. The van der Waals surface area contributed by atoms with Crippen LogP contribution in [0.4, 0.5) is 0 Å². The highest BCUT2D eigenvalue weighted by Crippen LogP contribution is 2.26. The molecule has 0 bridgehead atoms. The van der Waals surface area contributed by atoms with Crippen LogP contribution in [0.15, 0.2) is 10.3 Å². The van der Waals surface area contributed by atoms with Crippen LogP contribution in [0.25, 0.3) is 0 Å².